The van der Waals surface area contributed by atoms with Gasteiger partial charge in [0.25, 0.3) is 0 Å². The first-order chi connectivity index (χ1) is 16.0. The number of amidine groups is 2. The van der Waals surface area contributed by atoms with Crippen LogP contribution < -0.4 is 32.0 Å². The first-order valence-corrected chi connectivity index (χ1v) is 11.1. The van der Waals surface area contributed by atoms with Crippen LogP contribution in [0.25, 0.3) is 0 Å². The minimum Gasteiger partial charge on any atom is -0.494 e. The van der Waals surface area contributed by atoms with Gasteiger partial charge in [-0.15, -0.1) is 0 Å². The van der Waals surface area contributed by atoms with Crippen LogP contribution in [-0.2, 0) is 0 Å². The first kappa shape index (κ1) is 25.5. The molecule has 0 heterocycles. The molecule has 2 rings (SSSR count). The number of guanidine groups is 1. The molecule has 0 saturated heterocycles. The Kier molecular flexibility index (Phi) is 11.1. The van der Waals surface area contributed by atoms with Gasteiger partial charge in [0.15, 0.2) is 5.96 Å². The fourth-order valence-corrected chi connectivity index (χ4v) is 2.93. The summed E-state index contributed by atoms with van der Waals surface area (Å²) in [5, 5.41) is 17.9. The molecular formula is C24H35N7O2. The molecule has 0 bridgehead atoms. The molecule has 0 fully saturated rings. The summed E-state index contributed by atoms with van der Waals surface area (Å²) < 4.78 is 11.4. The number of rotatable bonds is 15. The highest BCUT2D eigenvalue weighted by atomic mass is 16.5. The Morgan fingerprint density at radius 3 is 1.67 bits per heavy atom. The third-order valence-corrected chi connectivity index (χ3v) is 4.83. The molecule has 0 aliphatic carbocycles. The second kappa shape index (κ2) is 14.3. The standard InChI is InChI=1S/C24H35N7O2/c25-22(26)18-6-10-20(11-7-18)32-16-4-1-2-14-30-24(29)31-15-3-5-17-33-21-12-8-19(9-13-21)23(27)28/h6-13H,1-5,14-17H2,(H3,25,26)(H3,27,28)(H3,29,30,31). The van der Waals surface area contributed by atoms with E-state index in [1.165, 1.54) is 0 Å². The van der Waals surface area contributed by atoms with Crippen molar-refractivity contribution in [2.45, 2.75) is 32.1 Å². The number of nitrogens with two attached hydrogens (primary N) is 3. The van der Waals surface area contributed by atoms with E-state index < -0.39 is 0 Å². The van der Waals surface area contributed by atoms with Crippen molar-refractivity contribution in [2.75, 3.05) is 26.3 Å². The van der Waals surface area contributed by atoms with E-state index in [0.29, 0.717) is 36.8 Å². The summed E-state index contributed by atoms with van der Waals surface area (Å²) in [7, 11) is 0. The average Bonchev–Trinajstić information content (AvgIpc) is 2.81. The van der Waals surface area contributed by atoms with Crippen molar-refractivity contribution in [1.29, 1.82) is 10.8 Å². The lowest BCUT2D eigenvalue weighted by atomic mass is 10.2. The van der Waals surface area contributed by atoms with Crippen LogP contribution in [-0.4, -0.2) is 43.9 Å². The normalized spacial score (nSPS) is 11.1. The van der Waals surface area contributed by atoms with Gasteiger partial charge in [-0.05, 0) is 80.6 Å². The molecule has 178 valence electrons. The lowest BCUT2D eigenvalue weighted by Crippen LogP contribution is -2.32. The van der Waals surface area contributed by atoms with Crippen LogP contribution in [0.2, 0.25) is 0 Å². The van der Waals surface area contributed by atoms with E-state index in [9.17, 15) is 0 Å². The number of nitrogens with one attached hydrogen (secondary N) is 3. The number of unbranched alkanes of at least 4 members (excludes halogenated alkanes) is 3. The average molecular weight is 454 g/mol. The number of aliphatic imine (C=N–C) groups is 1. The van der Waals surface area contributed by atoms with Crippen molar-refractivity contribution in [1.82, 2.24) is 5.32 Å². The molecule has 2 aromatic carbocycles. The van der Waals surface area contributed by atoms with Crippen molar-refractivity contribution < 1.29 is 9.47 Å². The van der Waals surface area contributed by atoms with Gasteiger partial charge >= 0.3 is 0 Å². The summed E-state index contributed by atoms with van der Waals surface area (Å²) >= 11 is 0. The molecule has 0 amide bonds. The second-order valence-electron chi connectivity index (χ2n) is 7.53. The highest BCUT2D eigenvalue weighted by Gasteiger charge is 1.99. The molecule has 0 radical (unpaired) electrons. The van der Waals surface area contributed by atoms with Crippen LogP contribution in [0.5, 0.6) is 11.5 Å². The number of ether oxygens (including phenoxy) is 2. The van der Waals surface area contributed by atoms with E-state index in [4.69, 9.17) is 37.5 Å². The maximum Gasteiger partial charge on any atom is 0.188 e. The van der Waals surface area contributed by atoms with Crippen molar-refractivity contribution in [2.24, 2.45) is 22.2 Å². The summed E-state index contributed by atoms with van der Waals surface area (Å²) in [6.07, 6.45) is 4.71. The molecule has 0 atom stereocenters. The summed E-state index contributed by atoms with van der Waals surface area (Å²) in [5.74, 6) is 2.12. The van der Waals surface area contributed by atoms with Crippen molar-refractivity contribution >= 4 is 17.6 Å². The van der Waals surface area contributed by atoms with E-state index in [-0.39, 0.29) is 11.7 Å². The van der Waals surface area contributed by atoms with E-state index in [0.717, 1.165) is 50.1 Å². The minimum absolute atomic E-state index is 0.0508. The van der Waals surface area contributed by atoms with Gasteiger partial charge in [-0.25, -0.2) is 0 Å². The van der Waals surface area contributed by atoms with Crippen LogP contribution in [0.1, 0.15) is 43.2 Å². The Morgan fingerprint density at radius 1 is 0.697 bits per heavy atom. The van der Waals surface area contributed by atoms with Crippen LogP contribution in [0.3, 0.4) is 0 Å². The SMILES string of the molecule is N=C(N)c1ccc(OCCCCCN=C(N)NCCCCOc2ccc(C(=N)N)cc2)cc1. The lowest BCUT2D eigenvalue weighted by molar-refractivity contribution is 0.305. The Morgan fingerprint density at radius 2 is 1.18 bits per heavy atom. The fourth-order valence-electron chi connectivity index (χ4n) is 2.93. The number of benzene rings is 2. The minimum atomic E-state index is 0.0508. The Labute approximate surface area is 195 Å². The van der Waals surface area contributed by atoms with Gasteiger partial charge in [0.1, 0.15) is 23.2 Å². The maximum absolute atomic E-state index is 7.38. The van der Waals surface area contributed by atoms with E-state index >= 15 is 0 Å². The van der Waals surface area contributed by atoms with Crippen LogP contribution in [0, 0.1) is 10.8 Å². The molecule has 0 unspecified atom stereocenters. The first-order valence-electron chi connectivity index (χ1n) is 11.1. The van der Waals surface area contributed by atoms with E-state index in [1.54, 1.807) is 24.3 Å². The molecule has 0 aromatic heterocycles. The molecule has 33 heavy (non-hydrogen) atoms. The summed E-state index contributed by atoms with van der Waals surface area (Å²) in [4.78, 5) is 4.35. The molecule has 0 aliphatic rings. The van der Waals surface area contributed by atoms with Gasteiger partial charge in [-0.1, -0.05) is 0 Å². The number of nitrogen functional groups attached to an aromatic ring is 2. The van der Waals surface area contributed by atoms with Gasteiger partial charge in [0.05, 0.1) is 13.2 Å². The smallest absolute Gasteiger partial charge is 0.188 e. The van der Waals surface area contributed by atoms with Gasteiger partial charge in [-0.3, -0.25) is 15.8 Å². The Balaban J connectivity index is 1.45. The van der Waals surface area contributed by atoms with Crippen LogP contribution in [0.15, 0.2) is 53.5 Å². The second-order valence-corrected chi connectivity index (χ2v) is 7.53. The number of hydrogen-bond donors (Lipinski definition) is 6. The summed E-state index contributed by atoms with van der Waals surface area (Å²) in [6, 6.07) is 14.4. The monoisotopic (exact) mass is 453 g/mol. The molecule has 0 spiro atoms. The molecule has 0 aliphatic heterocycles. The van der Waals surface area contributed by atoms with Crippen LogP contribution >= 0.6 is 0 Å². The van der Waals surface area contributed by atoms with Crippen molar-refractivity contribution in [3.05, 3.63) is 59.7 Å². The number of nitrogens with zero attached hydrogens (tertiary/aromatic N) is 1. The molecule has 0 saturated carbocycles. The Bertz CT molecular complexity index is 896. The zero-order valence-electron chi connectivity index (χ0n) is 19.0. The van der Waals surface area contributed by atoms with Gasteiger partial charge in [-0.2, -0.15) is 0 Å². The Hall–Kier alpha value is -3.75. The highest BCUT2D eigenvalue weighted by molar-refractivity contribution is 5.95. The molecule has 9 N–H and O–H groups in total. The van der Waals surface area contributed by atoms with E-state index in [2.05, 4.69) is 10.3 Å². The lowest BCUT2D eigenvalue weighted by Gasteiger charge is -2.08. The predicted octanol–water partition coefficient (Wildman–Crippen LogP) is 2.57. The highest BCUT2D eigenvalue weighted by Crippen LogP contribution is 2.13. The predicted molar refractivity (Wildman–Crippen MR) is 133 cm³/mol. The summed E-state index contributed by atoms with van der Waals surface area (Å²) in [6.45, 7) is 2.69. The zero-order valence-corrected chi connectivity index (χ0v) is 19.0. The fraction of sp³-hybridized carbons (Fsp3) is 0.375. The summed E-state index contributed by atoms with van der Waals surface area (Å²) in [5.41, 5.74) is 18.1. The quantitative estimate of drug-likeness (QED) is 0.138. The molecule has 9 heteroatoms. The molecule has 2 aromatic rings. The van der Waals surface area contributed by atoms with Crippen molar-refractivity contribution in [3.8, 4) is 11.5 Å². The largest absolute Gasteiger partial charge is 0.494 e. The van der Waals surface area contributed by atoms with Crippen molar-refractivity contribution in [3.63, 3.8) is 0 Å². The number of hydrogen-bond acceptors (Lipinski definition) is 5. The van der Waals surface area contributed by atoms with Gasteiger partial charge in [0.2, 0.25) is 0 Å². The van der Waals surface area contributed by atoms with Gasteiger partial charge < -0.3 is 32.0 Å². The van der Waals surface area contributed by atoms with E-state index in [1.807, 2.05) is 24.3 Å². The molecule has 9 nitrogen and oxygen atoms in total. The third-order valence-electron chi connectivity index (χ3n) is 4.83. The maximum atomic E-state index is 7.38. The van der Waals surface area contributed by atoms with Crippen LogP contribution in [0.4, 0.5) is 0 Å². The third kappa shape index (κ3) is 10.4. The molecular weight excluding hydrogens is 418 g/mol. The van der Waals surface area contributed by atoms with Gasteiger partial charge in [0, 0.05) is 24.2 Å². The topological polar surface area (TPSA) is 169 Å². The zero-order chi connectivity index (χ0) is 23.9.